The van der Waals surface area contributed by atoms with Crippen LogP contribution < -0.4 is 5.32 Å². The summed E-state index contributed by atoms with van der Waals surface area (Å²) in [4.78, 5) is 19.0. The van der Waals surface area contributed by atoms with Gasteiger partial charge in [-0.1, -0.05) is 18.2 Å². The fourth-order valence-corrected chi connectivity index (χ4v) is 2.71. The lowest BCUT2D eigenvalue weighted by Crippen LogP contribution is -2.43. The van der Waals surface area contributed by atoms with Crippen LogP contribution in [-0.2, 0) is 0 Å². The summed E-state index contributed by atoms with van der Waals surface area (Å²) in [7, 11) is 2.12. The standard InChI is InChI=1S/C16H19N3O/c1-19-10-7-12(8-11-19)18-16(20)14-6-9-17-15-5-3-2-4-13(14)15/h2-6,9,12H,7-8,10-11H2,1H3,(H,18,20). The molecule has 0 unspecified atom stereocenters. The SMILES string of the molecule is CN1CCC(NC(=O)c2ccnc3ccccc23)CC1. The van der Waals surface area contributed by atoms with Crippen LogP contribution in [0.4, 0.5) is 0 Å². The van der Waals surface area contributed by atoms with Crippen molar-refractivity contribution >= 4 is 16.8 Å². The number of aromatic nitrogens is 1. The van der Waals surface area contributed by atoms with Crippen molar-refractivity contribution < 1.29 is 4.79 Å². The van der Waals surface area contributed by atoms with Crippen LogP contribution in [0.1, 0.15) is 23.2 Å². The Kier molecular flexibility index (Phi) is 3.65. The monoisotopic (exact) mass is 269 g/mol. The lowest BCUT2D eigenvalue weighted by Gasteiger charge is -2.29. The van der Waals surface area contributed by atoms with E-state index in [0.717, 1.165) is 42.4 Å². The molecule has 3 rings (SSSR count). The second kappa shape index (κ2) is 5.59. The van der Waals surface area contributed by atoms with E-state index < -0.39 is 0 Å². The minimum absolute atomic E-state index is 0.0122. The van der Waals surface area contributed by atoms with E-state index in [1.54, 1.807) is 12.3 Å². The predicted molar refractivity (Wildman–Crippen MR) is 79.7 cm³/mol. The summed E-state index contributed by atoms with van der Waals surface area (Å²) in [5.74, 6) is 0.0122. The van der Waals surface area contributed by atoms with Gasteiger partial charge in [0.05, 0.1) is 11.1 Å². The van der Waals surface area contributed by atoms with Crippen LogP contribution in [0.15, 0.2) is 36.5 Å². The zero-order valence-corrected chi connectivity index (χ0v) is 11.7. The van der Waals surface area contributed by atoms with Gasteiger partial charge in [-0.2, -0.15) is 0 Å². The van der Waals surface area contributed by atoms with E-state index in [-0.39, 0.29) is 11.9 Å². The molecule has 1 aromatic carbocycles. The zero-order chi connectivity index (χ0) is 13.9. The van der Waals surface area contributed by atoms with Crippen LogP contribution in [0, 0.1) is 0 Å². The van der Waals surface area contributed by atoms with Crippen molar-refractivity contribution in [3.63, 3.8) is 0 Å². The summed E-state index contributed by atoms with van der Waals surface area (Å²) >= 11 is 0. The van der Waals surface area contributed by atoms with E-state index in [1.807, 2.05) is 24.3 Å². The molecular formula is C16H19N3O. The normalized spacial score (nSPS) is 17.2. The van der Waals surface area contributed by atoms with Gasteiger partial charge in [0.2, 0.25) is 0 Å². The summed E-state index contributed by atoms with van der Waals surface area (Å²) < 4.78 is 0. The Morgan fingerprint density at radius 3 is 2.80 bits per heavy atom. The summed E-state index contributed by atoms with van der Waals surface area (Å²) in [6.07, 6.45) is 3.74. The molecule has 20 heavy (non-hydrogen) atoms. The lowest BCUT2D eigenvalue weighted by atomic mass is 10.0. The van der Waals surface area contributed by atoms with Crippen LogP contribution in [0.25, 0.3) is 10.9 Å². The van der Waals surface area contributed by atoms with Gasteiger partial charge in [-0.3, -0.25) is 9.78 Å². The van der Waals surface area contributed by atoms with Gasteiger partial charge in [-0.25, -0.2) is 0 Å². The van der Waals surface area contributed by atoms with Crippen molar-refractivity contribution in [2.75, 3.05) is 20.1 Å². The maximum Gasteiger partial charge on any atom is 0.252 e. The van der Waals surface area contributed by atoms with Crippen LogP contribution in [0.2, 0.25) is 0 Å². The number of nitrogens with zero attached hydrogens (tertiary/aromatic N) is 2. The lowest BCUT2D eigenvalue weighted by molar-refractivity contribution is 0.0918. The first-order chi connectivity index (χ1) is 9.74. The number of likely N-dealkylation sites (tertiary alicyclic amines) is 1. The van der Waals surface area contributed by atoms with Gasteiger partial charge in [-0.05, 0) is 45.1 Å². The first kappa shape index (κ1) is 13.1. The van der Waals surface area contributed by atoms with Crippen molar-refractivity contribution in [3.8, 4) is 0 Å². The number of para-hydroxylation sites is 1. The number of nitrogens with one attached hydrogen (secondary N) is 1. The molecule has 0 radical (unpaired) electrons. The van der Waals surface area contributed by atoms with Crippen molar-refractivity contribution in [3.05, 3.63) is 42.1 Å². The maximum atomic E-state index is 12.5. The number of pyridine rings is 1. The van der Waals surface area contributed by atoms with Crippen LogP contribution >= 0.6 is 0 Å². The third-order valence-corrected chi connectivity index (χ3v) is 3.95. The molecule has 4 heteroatoms. The molecular weight excluding hydrogens is 250 g/mol. The Hall–Kier alpha value is -1.94. The van der Waals surface area contributed by atoms with E-state index in [2.05, 4.69) is 22.2 Å². The first-order valence-electron chi connectivity index (χ1n) is 7.07. The second-order valence-corrected chi connectivity index (χ2v) is 5.43. The van der Waals surface area contributed by atoms with E-state index in [0.29, 0.717) is 0 Å². The van der Waals surface area contributed by atoms with Crippen molar-refractivity contribution in [1.29, 1.82) is 0 Å². The van der Waals surface area contributed by atoms with E-state index in [4.69, 9.17) is 0 Å². The molecule has 1 amide bonds. The first-order valence-corrected chi connectivity index (χ1v) is 7.07. The third kappa shape index (κ3) is 2.65. The third-order valence-electron chi connectivity index (χ3n) is 3.95. The number of benzene rings is 1. The molecule has 0 bridgehead atoms. The highest BCUT2D eigenvalue weighted by molar-refractivity contribution is 6.06. The molecule has 1 fully saturated rings. The molecule has 1 N–H and O–H groups in total. The average Bonchev–Trinajstić information content (AvgIpc) is 2.49. The number of hydrogen-bond donors (Lipinski definition) is 1. The van der Waals surface area contributed by atoms with Crippen molar-refractivity contribution in [2.24, 2.45) is 0 Å². The number of fused-ring (bicyclic) bond motifs is 1. The maximum absolute atomic E-state index is 12.5. The quantitative estimate of drug-likeness (QED) is 0.907. The highest BCUT2D eigenvalue weighted by Gasteiger charge is 2.19. The number of hydrogen-bond acceptors (Lipinski definition) is 3. The molecule has 1 aliphatic rings. The largest absolute Gasteiger partial charge is 0.349 e. The van der Waals surface area contributed by atoms with Gasteiger partial charge in [0.25, 0.3) is 5.91 Å². The molecule has 1 aromatic heterocycles. The van der Waals surface area contributed by atoms with E-state index >= 15 is 0 Å². The smallest absolute Gasteiger partial charge is 0.252 e. The van der Waals surface area contributed by atoms with Crippen LogP contribution in [-0.4, -0.2) is 42.0 Å². The molecule has 2 aromatic rings. The van der Waals surface area contributed by atoms with Gasteiger partial charge in [0.15, 0.2) is 0 Å². The molecule has 4 nitrogen and oxygen atoms in total. The Labute approximate surface area is 118 Å². The van der Waals surface area contributed by atoms with Gasteiger partial charge < -0.3 is 10.2 Å². The number of carbonyl (C=O) groups is 1. The Morgan fingerprint density at radius 2 is 2.00 bits per heavy atom. The molecule has 104 valence electrons. The average molecular weight is 269 g/mol. The second-order valence-electron chi connectivity index (χ2n) is 5.43. The number of piperidine rings is 1. The zero-order valence-electron chi connectivity index (χ0n) is 11.7. The number of rotatable bonds is 2. The summed E-state index contributed by atoms with van der Waals surface area (Å²) in [6.45, 7) is 2.09. The van der Waals surface area contributed by atoms with Gasteiger partial charge in [-0.15, -0.1) is 0 Å². The molecule has 1 saturated heterocycles. The topological polar surface area (TPSA) is 45.2 Å². The highest BCUT2D eigenvalue weighted by atomic mass is 16.1. The summed E-state index contributed by atoms with van der Waals surface area (Å²) in [6, 6.07) is 9.84. The fourth-order valence-electron chi connectivity index (χ4n) is 2.71. The van der Waals surface area contributed by atoms with E-state index in [1.165, 1.54) is 0 Å². The number of carbonyl (C=O) groups excluding carboxylic acids is 1. The Morgan fingerprint density at radius 1 is 1.25 bits per heavy atom. The van der Waals surface area contributed by atoms with Gasteiger partial charge in [0, 0.05) is 17.6 Å². The van der Waals surface area contributed by atoms with Crippen LogP contribution in [0.5, 0.6) is 0 Å². The minimum atomic E-state index is 0.0122. The predicted octanol–water partition coefficient (Wildman–Crippen LogP) is 2.06. The molecule has 2 heterocycles. The molecule has 0 atom stereocenters. The summed E-state index contributed by atoms with van der Waals surface area (Å²) in [5.41, 5.74) is 1.58. The Bertz CT molecular complexity index is 613. The number of amides is 1. The molecule has 0 saturated carbocycles. The van der Waals surface area contributed by atoms with Gasteiger partial charge >= 0.3 is 0 Å². The fraction of sp³-hybridized carbons (Fsp3) is 0.375. The van der Waals surface area contributed by atoms with Crippen molar-refractivity contribution in [2.45, 2.75) is 18.9 Å². The molecule has 0 aliphatic carbocycles. The van der Waals surface area contributed by atoms with Gasteiger partial charge in [0.1, 0.15) is 0 Å². The minimum Gasteiger partial charge on any atom is -0.349 e. The highest BCUT2D eigenvalue weighted by Crippen LogP contribution is 2.17. The summed E-state index contributed by atoms with van der Waals surface area (Å²) in [5, 5.41) is 4.07. The molecule has 0 spiro atoms. The Balaban J connectivity index is 1.79. The molecule has 1 aliphatic heterocycles. The van der Waals surface area contributed by atoms with Crippen molar-refractivity contribution in [1.82, 2.24) is 15.2 Å². The van der Waals surface area contributed by atoms with Crippen LogP contribution in [0.3, 0.4) is 0 Å². The van der Waals surface area contributed by atoms with E-state index in [9.17, 15) is 4.79 Å².